The second kappa shape index (κ2) is 43.1. The fourth-order valence-corrected chi connectivity index (χ4v) is 7.75. The van der Waals surface area contributed by atoms with Crippen LogP contribution >= 0.6 is 0 Å². The van der Waals surface area contributed by atoms with E-state index in [0.29, 0.717) is 12.8 Å². The SMILES string of the molecule is CCCCCCCCCCCCCCCCCCCCCC(=O)NC(CO)C(O)C(O)CCCCCCCCCCCCCCCCCCCCC. The summed E-state index contributed by atoms with van der Waals surface area (Å²) in [7, 11) is 0. The minimum atomic E-state index is -1.13. The summed E-state index contributed by atoms with van der Waals surface area (Å²) < 4.78 is 0. The Hall–Kier alpha value is -0.650. The lowest BCUT2D eigenvalue weighted by Gasteiger charge is -2.26. The van der Waals surface area contributed by atoms with Gasteiger partial charge in [-0.15, -0.1) is 0 Å². The molecule has 52 heavy (non-hydrogen) atoms. The molecule has 1 amide bonds. The molecule has 5 nitrogen and oxygen atoms in total. The van der Waals surface area contributed by atoms with Crippen molar-refractivity contribution < 1.29 is 20.1 Å². The number of carbonyl (C=O) groups is 1. The van der Waals surface area contributed by atoms with Crippen LogP contribution in [0.4, 0.5) is 0 Å². The third kappa shape index (κ3) is 37.7. The molecule has 0 aliphatic rings. The van der Waals surface area contributed by atoms with E-state index in [0.717, 1.165) is 32.1 Å². The summed E-state index contributed by atoms with van der Waals surface area (Å²) in [5.41, 5.74) is 0. The summed E-state index contributed by atoms with van der Waals surface area (Å²) in [5.74, 6) is -0.138. The van der Waals surface area contributed by atoms with Crippen molar-refractivity contribution in [1.82, 2.24) is 5.32 Å². The van der Waals surface area contributed by atoms with Gasteiger partial charge in [-0.1, -0.05) is 251 Å². The van der Waals surface area contributed by atoms with E-state index in [1.807, 2.05) is 0 Å². The van der Waals surface area contributed by atoms with Crippen LogP contribution in [0.1, 0.15) is 271 Å². The topological polar surface area (TPSA) is 89.8 Å². The Morgan fingerprint density at radius 3 is 0.923 bits per heavy atom. The summed E-state index contributed by atoms with van der Waals surface area (Å²) in [5, 5.41) is 33.6. The van der Waals surface area contributed by atoms with Gasteiger partial charge in [-0.25, -0.2) is 0 Å². The maximum Gasteiger partial charge on any atom is 0.220 e. The van der Waals surface area contributed by atoms with Crippen LogP contribution in [0.25, 0.3) is 0 Å². The van der Waals surface area contributed by atoms with Crippen LogP contribution in [0.2, 0.25) is 0 Å². The maximum absolute atomic E-state index is 12.4. The van der Waals surface area contributed by atoms with Crippen LogP contribution in [0, 0.1) is 0 Å². The molecule has 0 radical (unpaired) electrons. The first kappa shape index (κ1) is 51.4. The van der Waals surface area contributed by atoms with E-state index in [1.54, 1.807) is 0 Å². The van der Waals surface area contributed by atoms with E-state index >= 15 is 0 Å². The zero-order valence-electron chi connectivity index (χ0n) is 35.5. The van der Waals surface area contributed by atoms with E-state index in [2.05, 4.69) is 19.2 Å². The molecule has 3 atom stereocenters. The van der Waals surface area contributed by atoms with Crippen LogP contribution in [-0.4, -0.2) is 46.1 Å². The van der Waals surface area contributed by atoms with Gasteiger partial charge in [0.25, 0.3) is 0 Å². The number of aliphatic hydroxyl groups is 3. The van der Waals surface area contributed by atoms with Gasteiger partial charge >= 0.3 is 0 Å². The first-order chi connectivity index (χ1) is 25.6. The highest BCUT2D eigenvalue weighted by molar-refractivity contribution is 5.76. The highest BCUT2D eigenvalue weighted by Gasteiger charge is 2.26. The largest absolute Gasteiger partial charge is 0.394 e. The van der Waals surface area contributed by atoms with Crippen LogP contribution in [0.3, 0.4) is 0 Å². The second-order valence-electron chi connectivity index (χ2n) is 16.7. The minimum absolute atomic E-state index is 0.138. The third-order valence-corrected chi connectivity index (χ3v) is 11.5. The van der Waals surface area contributed by atoms with Crippen molar-refractivity contribution in [3.05, 3.63) is 0 Å². The lowest BCUT2D eigenvalue weighted by molar-refractivity contribution is -0.124. The molecule has 0 bridgehead atoms. The lowest BCUT2D eigenvalue weighted by atomic mass is 9.99. The monoisotopic (exact) mass is 738 g/mol. The Kier molecular flexibility index (Phi) is 42.5. The van der Waals surface area contributed by atoms with Gasteiger partial charge in [-0.2, -0.15) is 0 Å². The van der Waals surface area contributed by atoms with Crippen molar-refractivity contribution in [2.75, 3.05) is 6.61 Å². The molecule has 0 spiro atoms. The van der Waals surface area contributed by atoms with Crippen molar-refractivity contribution in [2.45, 2.75) is 289 Å². The van der Waals surface area contributed by atoms with Gasteiger partial charge in [0.05, 0.1) is 18.8 Å². The molecule has 0 saturated heterocycles. The molecule has 0 fully saturated rings. The molecule has 5 heteroatoms. The van der Waals surface area contributed by atoms with E-state index in [-0.39, 0.29) is 12.5 Å². The Bertz CT molecular complexity index is 688. The smallest absolute Gasteiger partial charge is 0.220 e. The molecule has 0 heterocycles. The van der Waals surface area contributed by atoms with Crippen molar-refractivity contribution in [1.29, 1.82) is 0 Å². The van der Waals surface area contributed by atoms with Gasteiger partial charge in [0.1, 0.15) is 6.10 Å². The maximum atomic E-state index is 12.4. The normalized spacial score (nSPS) is 13.4. The molecule has 0 aromatic heterocycles. The van der Waals surface area contributed by atoms with Gasteiger partial charge in [-0.05, 0) is 12.8 Å². The summed E-state index contributed by atoms with van der Waals surface area (Å²) in [6, 6.07) is -0.803. The molecule has 0 aromatic carbocycles. The van der Waals surface area contributed by atoms with Gasteiger partial charge < -0.3 is 20.6 Å². The molecule has 0 rings (SSSR count). The molecule has 0 aliphatic carbocycles. The Labute approximate surface area is 326 Å². The molecular formula is C47H95NO4. The van der Waals surface area contributed by atoms with Crippen molar-refractivity contribution >= 4 is 5.91 Å². The molecule has 0 aliphatic heterocycles. The fourth-order valence-electron chi connectivity index (χ4n) is 7.75. The zero-order chi connectivity index (χ0) is 38.0. The zero-order valence-corrected chi connectivity index (χ0v) is 35.5. The highest BCUT2D eigenvalue weighted by atomic mass is 16.3. The number of hydrogen-bond donors (Lipinski definition) is 4. The molecule has 3 unspecified atom stereocenters. The van der Waals surface area contributed by atoms with Gasteiger partial charge in [-0.3, -0.25) is 4.79 Å². The number of nitrogens with one attached hydrogen (secondary N) is 1. The Balaban J connectivity index is 3.56. The highest BCUT2D eigenvalue weighted by Crippen LogP contribution is 2.17. The quantitative estimate of drug-likeness (QED) is 0.0469. The average molecular weight is 738 g/mol. The van der Waals surface area contributed by atoms with Crippen molar-refractivity contribution in [2.24, 2.45) is 0 Å². The van der Waals surface area contributed by atoms with Gasteiger partial charge in [0.15, 0.2) is 0 Å². The van der Waals surface area contributed by atoms with Crippen LogP contribution in [0.15, 0.2) is 0 Å². The summed E-state index contributed by atoms with van der Waals surface area (Å²) in [6.45, 7) is 4.21. The van der Waals surface area contributed by atoms with Crippen molar-refractivity contribution in [3.8, 4) is 0 Å². The molecule has 4 N–H and O–H groups in total. The number of carbonyl (C=O) groups excluding carboxylic acids is 1. The van der Waals surface area contributed by atoms with E-state index in [4.69, 9.17) is 0 Å². The first-order valence-corrected chi connectivity index (χ1v) is 23.8. The van der Waals surface area contributed by atoms with Gasteiger partial charge in [0.2, 0.25) is 5.91 Å². The summed E-state index contributed by atoms with van der Waals surface area (Å²) in [4.78, 5) is 12.4. The van der Waals surface area contributed by atoms with E-state index < -0.39 is 18.2 Å². The standard InChI is InChI=1S/C47H95NO4/c1-3-5-7-9-11-13-15-17-19-21-23-25-27-29-31-33-35-37-39-41-45(50)47(52)44(43-49)48-46(51)42-40-38-36-34-32-30-28-26-24-22-20-18-16-14-12-10-8-6-4-2/h44-45,47,49-50,52H,3-43H2,1-2H3,(H,48,51). The Morgan fingerprint density at radius 1 is 0.404 bits per heavy atom. The van der Waals surface area contributed by atoms with Crippen LogP contribution in [-0.2, 0) is 4.79 Å². The molecule has 0 aromatic rings. The summed E-state index contributed by atoms with van der Waals surface area (Å²) >= 11 is 0. The molecular weight excluding hydrogens is 643 g/mol. The minimum Gasteiger partial charge on any atom is -0.394 e. The predicted octanol–water partition coefficient (Wildman–Crippen LogP) is 13.8. The number of aliphatic hydroxyl groups excluding tert-OH is 3. The predicted molar refractivity (Wildman–Crippen MR) is 227 cm³/mol. The van der Waals surface area contributed by atoms with Crippen LogP contribution < -0.4 is 5.32 Å². The summed E-state index contributed by atoms with van der Waals surface area (Å²) in [6.07, 6.45) is 49.3. The van der Waals surface area contributed by atoms with Crippen molar-refractivity contribution in [3.63, 3.8) is 0 Å². The van der Waals surface area contributed by atoms with Crippen LogP contribution in [0.5, 0.6) is 0 Å². The lowest BCUT2D eigenvalue weighted by Crippen LogP contribution is -2.50. The molecule has 312 valence electrons. The fraction of sp³-hybridized carbons (Fsp3) is 0.979. The van der Waals surface area contributed by atoms with E-state index in [9.17, 15) is 20.1 Å². The number of hydrogen-bond acceptors (Lipinski definition) is 4. The Morgan fingerprint density at radius 2 is 0.654 bits per heavy atom. The number of amides is 1. The van der Waals surface area contributed by atoms with E-state index in [1.165, 1.54) is 212 Å². The number of rotatable bonds is 44. The first-order valence-electron chi connectivity index (χ1n) is 23.8. The van der Waals surface area contributed by atoms with Gasteiger partial charge in [0, 0.05) is 6.42 Å². The molecule has 0 saturated carbocycles. The number of unbranched alkanes of at least 4 members (excludes halogenated alkanes) is 36. The third-order valence-electron chi connectivity index (χ3n) is 11.5. The second-order valence-corrected chi connectivity index (χ2v) is 16.7. The average Bonchev–Trinajstić information content (AvgIpc) is 3.15.